The Morgan fingerprint density at radius 1 is 1.33 bits per heavy atom. The first kappa shape index (κ1) is 13.4. The zero-order valence-corrected chi connectivity index (χ0v) is 11.8. The molecule has 1 aliphatic heterocycles. The first-order valence-electron chi connectivity index (χ1n) is 6.42. The topological polar surface area (TPSA) is 45.9 Å². The smallest absolute Gasteiger partial charge is 0.127 e. The van der Waals surface area contributed by atoms with Crippen LogP contribution in [0.4, 0.5) is 0 Å². The molecule has 0 bridgehead atoms. The van der Waals surface area contributed by atoms with E-state index >= 15 is 0 Å². The predicted octanol–water partition coefficient (Wildman–Crippen LogP) is 4.12. The third-order valence-electron chi connectivity index (χ3n) is 3.10. The predicted molar refractivity (Wildman–Crippen MR) is 82.8 cm³/mol. The molecule has 1 aromatic heterocycles. The molecular formula is C17H11ClN2O. The van der Waals surface area contributed by atoms with Crippen LogP contribution in [0.1, 0.15) is 11.3 Å². The first-order chi connectivity index (χ1) is 10.3. The fourth-order valence-corrected chi connectivity index (χ4v) is 2.30. The van der Waals surface area contributed by atoms with Crippen molar-refractivity contribution < 1.29 is 4.74 Å². The van der Waals surface area contributed by atoms with E-state index in [1.165, 1.54) is 0 Å². The van der Waals surface area contributed by atoms with E-state index in [1.807, 2.05) is 36.4 Å². The summed E-state index contributed by atoms with van der Waals surface area (Å²) in [6, 6.07) is 13.1. The summed E-state index contributed by atoms with van der Waals surface area (Å²) in [7, 11) is 0. The summed E-state index contributed by atoms with van der Waals surface area (Å²) in [6.07, 6.45) is 5.44. The minimum Gasteiger partial charge on any atom is -0.488 e. The molecule has 0 saturated heterocycles. The Morgan fingerprint density at radius 2 is 2.24 bits per heavy atom. The maximum atomic E-state index is 9.30. The van der Waals surface area contributed by atoms with Gasteiger partial charge in [-0.1, -0.05) is 17.7 Å². The van der Waals surface area contributed by atoms with Gasteiger partial charge in [-0.3, -0.25) is 4.98 Å². The minimum absolute atomic E-state index is 0.423. The molecule has 2 aromatic rings. The number of halogens is 1. The molecule has 0 unspecified atom stereocenters. The third kappa shape index (κ3) is 2.96. The van der Waals surface area contributed by atoms with Crippen molar-refractivity contribution in [1.82, 2.24) is 4.98 Å². The van der Waals surface area contributed by atoms with E-state index < -0.39 is 0 Å². The lowest BCUT2D eigenvalue weighted by Gasteiger charge is -2.16. The highest BCUT2D eigenvalue weighted by Crippen LogP contribution is 2.30. The van der Waals surface area contributed by atoms with Crippen molar-refractivity contribution in [3.05, 3.63) is 70.5 Å². The number of nitriles is 1. The van der Waals surface area contributed by atoms with Gasteiger partial charge in [0.1, 0.15) is 18.4 Å². The van der Waals surface area contributed by atoms with Crippen LogP contribution in [-0.4, -0.2) is 11.6 Å². The number of allylic oxidation sites excluding steroid dienone is 1. The summed E-state index contributed by atoms with van der Waals surface area (Å²) in [6.45, 7) is 0.423. The Bertz CT molecular complexity index is 773. The number of aromatic nitrogens is 1. The average molecular weight is 295 g/mol. The van der Waals surface area contributed by atoms with E-state index in [0.29, 0.717) is 22.9 Å². The van der Waals surface area contributed by atoms with Gasteiger partial charge in [-0.05, 0) is 48.1 Å². The first-order valence-corrected chi connectivity index (χ1v) is 6.80. The number of fused-ring (bicyclic) bond motifs is 1. The molecule has 3 nitrogen and oxygen atoms in total. The molecule has 0 saturated carbocycles. The zero-order valence-electron chi connectivity index (χ0n) is 11.1. The Morgan fingerprint density at radius 3 is 3.00 bits per heavy atom. The SMILES string of the molecule is N#C/C(=C\C1=Cc2cc(Cl)ccc2OC1)c1ccccn1. The van der Waals surface area contributed by atoms with Crippen LogP contribution in [0.5, 0.6) is 5.75 Å². The Balaban J connectivity index is 1.98. The molecule has 0 aliphatic carbocycles. The molecule has 1 aliphatic rings. The van der Waals surface area contributed by atoms with Crippen molar-refractivity contribution in [2.24, 2.45) is 0 Å². The summed E-state index contributed by atoms with van der Waals surface area (Å²) in [5, 5.41) is 9.96. The van der Waals surface area contributed by atoms with Gasteiger partial charge in [0.25, 0.3) is 0 Å². The normalized spacial score (nSPS) is 13.7. The molecule has 102 valence electrons. The highest BCUT2D eigenvalue weighted by atomic mass is 35.5. The van der Waals surface area contributed by atoms with Crippen LogP contribution in [0.25, 0.3) is 11.6 Å². The van der Waals surface area contributed by atoms with Crippen LogP contribution in [0.2, 0.25) is 5.02 Å². The van der Waals surface area contributed by atoms with Crippen LogP contribution < -0.4 is 4.74 Å². The number of benzene rings is 1. The van der Waals surface area contributed by atoms with Gasteiger partial charge in [-0.2, -0.15) is 5.26 Å². The van der Waals surface area contributed by atoms with Crippen molar-refractivity contribution in [3.63, 3.8) is 0 Å². The van der Waals surface area contributed by atoms with Crippen molar-refractivity contribution in [3.8, 4) is 11.8 Å². The molecule has 0 amide bonds. The Labute approximate surface area is 127 Å². The highest BCUT2D eigenvalue weighted by Gasteiger charge is 2.12. The highest BCUT2D eigenvalue weighted by molar-refractivity contribution is 6.30. The molecule has 1 aromatic carbocycles. The number of hydrogen-bond acceptors (Lipinski definition) is 3. The van der Waals surface area contributed by atoms with Crippen LogP contribution in [0, 0.1) is 11.3 Å². The van der Waals surface area contributed by atoms with E-state index in [-0.39, 0.29) is 0 Å². The van der Waals surface area contributed by atoms with Gasteiger partial charge in [0.05, 0.1) is 11.3 Å². The fourth-order valence-electron chi connectivity index (χ4n) is 2.12. The van der Waals surface area contributed by atoms with Crippen LogP contribution in [0.3, 0.4) is 0 Å². The lowest BCUT2D eigenvalue weighted by atomic mass is 10.0. The van der Waals surface area contributed by atoms with E-state index in [1.54, 1.807) is 18.3 Å². The molecular weight excluding hydrogens is 284 g/mol. The van der Waals surface area contributed by atoms with Crippen LogP contribution in [-0.2, 0) is 0 Å². The molecule has 3 rings (SSSR count). The van der Waals surface area contributed by atoms with Crippen molar-refractivity contribution >= 4 is 23.3 Å². The molecule has 0 radical (unpaired) electrons. The maximum Gasteiger partial charge on any atom is 0.127 e. The van der Waals surface area contributed by atoms with Crippen molar-refractivity contribution in [1.29, 1.82) is 5.26 Å². The molecule has 21 heavy (non-hydrogen) atoms. The van der Waals surface area contributed by atoms with Crippen LogP contribution >= 0.6 is 11.6 Å². The molecule has 0 N–H and O–H groups in total. The minimum atomic E-state index is 0.423. The largest absolute Gasteiger partial charge is 0.488 e. The lowest BCUT2D eigenvalue weighted by Crippen LogP contribution is -2.06. The van der Waals surface area contributed by atoms with Gasteiger partial charge in [0, 0.05) is 16.8 Å². The number of pyridine rings is 1. The molecule has 0 spiro atoms. The maximum absolute atomic E-state index is 9.30. The Kier molecular flexibility index (Phi) is 3.72. The number of ether oxygens (including phenoxy) is 1. The van der Waals surface area contributed by atoms with E-state index in [0.717, 1.165) is 16.9 Å². The van der Waals surface area contributed by atoms with Gasteiger partial charge < -0.3 is 4.74 Å². The molecule has 0 atom stereocenters. The van der Waals surface area contributed by atoms with Gasteiger partial charge in [-0.15, -0.1) is 0 Å². The quantitative estimate of drug-likeness (QED) is 0.783. The second-order valence-corrected chi connectivity index (χ2v) is 5.01. The number of rotatable bonds is 2. The van der Waals surface area contributed by atoms with Gasteiger partial charge >= 0.3 is 0 Å². The van der Waals surface area contributed by atoms with Gasteiger partial charge in [-0.25, -0.2) is 0 Å². The van der Waals surface area contributed by atoms with Gasteiger partial charge in [0.2, 0.25) is 0 Å². The second-order valence-electron chi connectivity index (χ2n) is 4.57. The Hall–Kier alpha value is -2.57. The molecule has 2 heterocycles. The summed E-state index contributed by atoms with van der Waals surface area (Å²) in [4.78, 5) is 4.19. The summed E-state index contributed by atoms with van der Waals surface area (Å²) in [5.41, 5.74) is 2.99. The summed E-state index contributed by atoms with van der Waals surface area (Å²) < 4.78 is 5.67. The van der Waals surface area contributed by atoms with E-state index in [4.69, 9.17) is 16.3 Å². The number of hydrogen-bond donors (Lipinski definition) is 0. The van der Waals surface area contributed by atoms with Crippen LogP contribution in [0.15, 0.2) is 54.2 Å². The molecule has 4 heteroatoms. The van der Waals surface area contributed by atoms with E-state index in [2.05, 4.69) is 11.1 Å². The summed E-state index contributed by atoms with van der Waals surface area (Å²) in [5.74, 6) is 0.799. The summed E-state index contributed by atoms with van der Waals surface area (Å²) >= 11 is 5.99. The molecule has 0 fully saturated rings. The van der Waals surface area contributed by atoms with Crippen molar-refractivity contribution in [2.75, 3.05) is 6.61 Å². The second kappa shape index (κ2) is 5.82. The zero-order chi connectivity index (χ0) is 14.7. The lowest BCUT2D eigenvalue weighted by molar-refractivity contribution is 0.351. The fraction of sp³-hybridized carbons (Fsp3) is 0.0588. The van der Waals surface area contributed by atoms with E-state index in [9.17, 15) is 5.26 Å². The standard InChI is InChI=1S/C17H11ClN2O/c18-15-4-5-17-13(9-15)7-12(11-21-17)8-14(10-19)16-3-1-2-6-20-16/h1-9H,11H2/b14-8+. The number of nitrogens with zero attached hydrogens (tertiary/aromatic N) is 2. The average Bonchev–Trinajstić information content (AvgIpc) is 2.53. The van der Waals surface area contributed by atoms with Gasteiger partial charge in [0.15, 0.2) is 0 Å². The van der Waals surface area contributed by atoms with Crippen molar-refractivity contribution in [2.45, 2.75) is 0 Å². The monoisotopic (exact) mass is 294 g/mol. The third-order valence-corrected chi connectivity index (χ3v) is 3.33.